The summed E-state index contributed by atoms with van der Waals surface area (Å²) in [7, 11) is 1.71. The Labute approximate surface area is 127 Å². The molecule has 22 heavy (non-hydrogen) atoms. The summed E-state index contributed by atoms with van der Waals surface area (Å²) in [5.41, 5.74) is 0.590. The van der Waals surface area contributed by atoms with Crippen molar-refractivity contribution in [3.8, 4) is 0 Å². The van der Waals surface area contributed by atoms with Gasteiger partial charge in [0.15, 0.2) is 5.82 Å². The number of para-hydroxylation sites is 1. The van der Waals surface area contributed by atoms with Crippen LogP contribution in [0.5, 0.6) is 0 Å². The minimum Gasteiger partial charge on any atom is -0.366 e. The zero-order valence-corrected chi connectivity index (χ0v) is 12.3. The molecule has 1 aromatic heterocycles. The first-order valence-corrected chi connectivity index (χ1v) is 7.13. The van der Waals surface area contributed by atoms with Crippen molar-refractivity contribution in [3.05, 3.63) is 35.9 Å². The van der Waals surface area contributed by atoms with E-state index >= 15 is 0 Å². The van der Waals surface area contributed by atoms with Crippen LogP contribution in [0, 0.1) is 5.82 Å². The molecular formula is C14H17FN6O. The average Bonchev–Trinajstić information content (AvgIpc) is 2.93. The summed E-state index contributed by atoms with van der Waals surface area (Å²) in [6, 6.07) is 6.70. The third-order valence-corrected chi connectivity index (χ3v) is 3.84. The van der Waals surface area contributed by atoms with Gasteiger partial charge < -0.3 is 9.80 Å². The SMILES string of the molecule is Cn1nnnc1CC(=O)N1CCN(c2ccccc2F)CC1. The van der Waals surface area contributed by atoms with Crippen molar-refractivity contribution in [2.24, 2.45) is 7.05 Å². The number of nitrogens with zero attached hydrogens (tertiary/aromatic N) is 6. The number of carbonyl (C=O) groups is 1. The van der Waals surface area contributed by atoms with E-state index in [2.05, 4.69) is 15.5 Å². The summed E-state index contributed by atoms with van der Waals surface area (Å²) < 4.78 is 15.3. The molecule has 2 aromatic rings. The monoisotopic (exact) mass is 304 g/mol. The van der Waals surface area contributed by atoms with E-state index in [0.717, 1.165) is 0 Å². The Morgan fingerprint density at radius 3 is 2.59 bits per heavy atom. The molecule has 1 aliphatic heterocycles. The third kappa shape index (κ3) is 2.90. The van der Waals surface area contributed by atoms with Gasteiger partial charge in [-0.1, -0.05) is 12.1 Å². The van der Waals surface area contributed by atoms with Gasteiger partial charge in [-0.3, -0.25) is 4.79 Å². The summed E-state index contributed by atoms with van der Waals surface area (Å²) in [5, 5.41) is 11.1. The maximum atomic E-state index is 13.8. The van der Waals surface area contributed by atoms with Crippen molar-refractivity contribution >= 4 is 11.6 Å². The molecule has 0 spiro atoms. The Morgan fingerprint density at radius 1 is 1.23 bits per heavy atom. The summed E-state index contributed by atoms with van der Waals surface area (Å²) >= 11 is 0. The summed E-state index contributed by atoms with van der Waals surface area (Å²) in [5.74, 6) is 0.306. The van der Waals surface area contributed by atoms with Gasteiger partial charge in [0.05, 0.1) is 12.1 Å². The number of anilines is 1. The fourth-order valence-electron chi connectivity index (χ4n) is 2.55. The largest absolute Gasteiger partial charge is 0.366 e. The van der Waals surface area contributed by atoms with Crippen molar-refractivity contribution in [2.45, 2.75) is 6.42 Å². The molecule has 0 N–H and O–H groups in total. The van der Waals surface area contributed by atoms with Crippen molar-refractivity contribution in [1.29, 1.82) is 0 Å². The lowest BCUT2D eigenvalue weighted by molar-refractivity contribution is -0.130. The second-order valence-corrected chi connectivity index (χ2v) is 5.21. The Balaban J connectivity index is 1.59. The minimum absolute atomic E-state index is 0.00826. The molecule has 0 atom stereocenters. The van der Waals surface area contributed by atoms with Gasteiger partial charge in [-0.2, -0.15) is 0 Å². The standard InChI is InChI=1S/C14H17FN6O/c1-19-13(16-17-18-19)10-14(22)21-8-6-20(7-9-21)12-5-3-2-4-11(12)15/h2-5H,6-10H2,1H3. The van der Waals surface area contributed by atoms with Gasteiger partial charge in [-0.15, -0.1) is 5.10 Å². The highest BCUT2D eigenvalue weighted by Crippen LogP contribution is 2.20. The number of aryl methyl sites for hydroxylation is 1. The number of halogens is 1. The van der Waals surface area contributed by atoms with Crippen LogP contribution in [0.2, 0.25) is 0 Å². The molecule has 116 valence electrons. The Bertz CT molecular complexity index is 665. The molecule has 3 rings (SSSR count). The predicted octanol–water partition coefficient (Wildman–Crippen LogP) is 0.241. The molecule has 2 heterocycles. The van der Waals surface area contributed by atoms with Crippen LogP contribution < -0.4 is 4.90 Å². The maximum absolute atomic E-state index is 13.8. The van der Waals surface area contributed by atoms with E-state index in [-0.39, 0.29) is 18.1 Å². The molecule has 0 saturated carbocycles. The molecule has 1 saturated heterocycles. The zero-order chi connectivity index (χ0) is 15.5. The molecule has 0 bridgehead atoms. The number of hydrogen-bond acceptors (Lipinski definition) is 5. The van der Waals surface area contributed by atoms with E-state index in [1.54, 1.807) is 24.1 Å². The second-order valence-electron chi connectivity index (χ2n) is 5.21. The van der Waals surface area contributed by atoms with Crippen molar-refractivity contribution < 1.29 is 9.18 Å². The van der Waals surface area contributed by atoms with E-state index in [4.69, 9.17) is 0 Å². The van der Waals surface area contributed by atoms with Gasteiger partial charge in [-0.05, 0) is 22.6 Å². The van der Waals surface area contributed by atoms with E-state index in [1.807, 2.05) is 11.0 Å². The first-order chi connectivity index (χ1) is 10.6. The second kappa shape index (κ2) is 6.08. The molecule has 7 nitrogen and oxygen atoms in total. The van der Waals surface area contributed by atoms with Crippen LogP contribution in [-0.2, 0) is 18.3 Å². The van der Waals surface area contributed by atoms with Gasteiger partial charge in [0.2, 0.25) is 5.91 Å². The summed E-state index contributed by atoms with van der Waals surface area (Å²) in [4.78, 5) is 16.0. The van der Waals surface area contributed by atoms with E-state index in [9.17, 15) is 9.18 Å². The lowest BCUT2D eigenvalue weighted by Gasteiger charge is -2.36. The number of piperazine rings is 1. The number of benzene rings is 1. The lowest BCUT2D eigenvalue weighted by Crippen LogP contribution is -2.49. The number of rotatable bonds is 3. The first kappa shape index (κ1) is 14.4. The Morgan fingerprint density at radius 2 is 1.95 bits per heavy atom. The number of carbonyl (C=O) groups excluding carboxylic acids is 1. The van der Waals surface area contributed by atoms with Crippen LogP contribution in [0.4, 0.5) is 10.1 Å². The lowest BCUT2D eigenvalue weighted by atomic mass is 10.2. The fourth-order valence-corrected chi connectivity index (χ4v) is 2.55. The number of hydrogen-bond donors (Lipinski definition) is 0. The van der Waals surface area contributed by atoms with Crippen LogP contribution in [-0.4, -0.2) is 57.2 Å². The quantitative estimate of drug-likeness (QED) is 0.812. The average molecular weight is 304 g/mol. The molecule has 1 amide bonds. The molecule has 8 heteroatoms. The minimum atomic E-state index is -0.229. The molecule has 1 fully saturated rings. The Hall–Kier alpha value is -2.51. The third-order valence-electron chi connectivity index (χ3n) is 3.84. The molecule has 1 aromatic carbocycles. The zero-order valence-electron chi connectivity index (χ0n) is 12.3. The van der Waals surface area contributed by atoms with Gasteiger partial charge in [0, 0.05) is 33.2 Å². The number of tetrazole rings is 1. The van der Waals surface area contributed by atoms with Gasteiger partial charge >= 0.3 is 0 Å². The first-order valence-electron chi connectivity index (χ1n) is 7.13. The van der Waals surface area contributed by atoms with Gasteiger partial charge in [-0.25, -0.2) is 9.07 Å². The van der Waals surface area contributed by atoms with Crippen LogP contribution in [0.15, 0.2) is 24.3 Å². The van der Waals surface area contributed by atoms with E-state index in [0.29, 0.717) is 37.7 Å². The van der Waals surface area contributed by atoms with Gasteiger partial charge in [0.25, 0.3) is 0 Å². The van der Waals surface area contributed by atoms with E-state index in [1.165, 1.54) is 10.7 Å². The number of amides is 1. The number of aromatic nitrogens is 4. The molecular weight excluding hydrogens is 287 g/mol. The van der Waals surface area contributed by atoms with Gasteiger partial charge in [0.1, 0.15) is 5.82 Å². The predicted molar refractivity (Wildman–Crippen MR) is 77.7 cm³/mol. The van der Waals surface area contributed by atoms with Crippen molar-refractivity contribution in [3.63, 3.8) is 0 Å². The highest BCUT2D eigenvalue weighted by molar-refractivity contribution is 5.78. The molecule has 0 aliphatic carbocycles. The molecule has 0 unspecified atom stereocenters. The van der Waals surface area contributed by atoms with Crippen molar-refractivity contribution in [1.82, 2.24) is 25.1 Å². The van der Waals surface area contributed by atoms with Crippen molar-refractivity contribution in [2.75, 3.05) is 31.1 Å². The molecule has 1 aliphatic rings. The van der Waals surface area contributed by atoms with E-state index < -0.39 is 0 Å². The fraction of sp³-hybridized carbons (Fsp3) is 0.429. The smallest absolute Gasteiger partial charge is 0.230 e. The molecule has 0 radical (unpaired) electrons. The van der Waals surface area contributed by atoms with Crippen LogP contribution >= 0.6 is 0 Å². The van der Waals surface area contributed by atoms with Crippen LogP contribution in [0.3, 0.4) is 0 Å². The Kier molecular flexibility index (Phi) is 3.99. The topological polar surface area (TPSA) is 67.2 Å². The maximum Gasteiger partial charge on any atom is 0.230 e. The highest BCUT2D eigenvalue weighted by Gasteiger charge is 2.23. The summed E-state index contributed by atoms with van der Waals surface area (Å²) in [6.07, 6.45) is 0.184. The van der Waals surface area contributed by atoms with Crippen LogP contribution in [0.1, 0.15) is 5.82 Å². The summed E-state index contributed by atoms with van der Waals surface area (Å²) in [6.45, 7) is 2.37. The normalized spacial score (nSPS) is 15.2. The van der Waals surface area contributed by atoms with Crippen LogP contribution in [0.25, 0.3) is 0 Å². The highest BCUT2D eigenvalue weighted by atomic mass is 19.1.